The van der Waals surface area contributed by atoms with E-state index in [1.807, 2.05) is 0 Å². The summed E-state index contributed by atoms with van der Waals surface area (Å²) in [7, 11) is 0. The van der Waals surface area contributed by atoms with Crippen molar-refractivity contribution in [3.8, 4) is 5.75 Å². The Kier molecular flexibility index (Phi) is 4.57. The summed E-state index contributed by atoms with van der Waals surface area (Å²) >= 11 is 0. The highest BCUT2D eigenvalue weighted by Crippen LogP contribution is 2.25. The quantitative estimate of drug-likeness (QED) is 0.732. The first-order chi connectivity index (χ1) is 9.56. The van der Waals surface area contributed by atoms with Gasteiger partial charge >= 0.3 is 5.97 Å². The number of carboxylic acid groups (broad SMARTS) is 1. The molecule has 0 saturated carbocycles. The Morgan fingerprint density at radius 3 is 2.80 bits per heavy atom. The van der Waals surface area contributed by atoms with E-state index in [0.29, 0.717) is 6.61 Å². The molecule has 1 saturated heterocycles. The second kappa shape index (κ2) is 6.38. The van der Waals surface area contributed by atoms with Gasteiger partial charge in [-0.2, -0.15) is 0 Å². The van der Waals surface area contributed by atoms with Crippen LogP contribution in [-0.2, 0) is 9.53 Å². The standard InChI is InChI=1S/C14H17NO5/c16-12-5-4-9(14(18)19)7-11(12)15-13(17)8-10-3-1-2-6-20-10/h4-5,7,10,16H,1-3,6,8H2,(H,15,17)(H,18,19). The molecule has 0 radical (unpaired) electrons. The number of carboxylic acids is 1. The number of phenols is 1. The number of rotatable bonds is 4. The van der Waals surface area contributed by atoms with Crippen molar-refractivity contribution in [1.29, 1.82) is 0 Å². The van der Waals surface area contributed by atoms with Crippen molar-refractivity contribution in [3.05, 3.63) is 23.8 Å². The number of nitrogens with one attached hydrogen (secondary N) is 1. The highest BCUT2D eigenvalue weighted by molar-refractivity contribution is 5.95. The number of hydrogen-bond donors (Lipinski definition) is 3. The highest BCUT2D eigenvalue weighted by Gasteiger charge is 2.18. The van der Waals surface area contributed by atoms with E-state index in [0.717, 1.165) is 19.3 Å². The molecule has 1 amide bonds. The summed E-state index contributed by atoms with van der Waals surface area (Å²) < 4.78 is 5.46. The fourth-order valence-corrected chi connectivity index (χ4v) is 2.15. The zero-order valence-corrected chi connectivity index (χ0v) is 11.0. The van der Waals surface area contributed by atoms with Crippen LogP contribution in [0.1, 0.15) is 36.0 Å². The van der Waals surface area contributed by atoms with E-state index in [9.17, 15) is 14.7 Å². The predicted molar refractivity (Wildman–Crippen MR) is 71.9 cm³/mol. The minimum atomic E-state index is -1.11. The van der Waals surface area contributed by atoms with Crippen molar-refractivity contribution >= 4 is 17.6 Å². The van der Waals surface area contributed by atoms with Crippen LogP contribution in [0.2, 0.25) is 0 Å². The van der Waals surface area contributed by atoms with E-state index >= 15 is 0 Å². The van der Waals surface area contributed by atoms with Crippen LogP contribution in [-0.4, -0.2) is 34.8 Å². The molecule has 1 atom stereocenters. The third-order valence-electron chi connectivity index (χ3n) is 3.20. The third-order valence-corrected chi connectivity index (χ3v) is 3.20. The molecule has 0 aliphatic carbocycles. The van der Waals surface area contributed by atoms with E-state index in [-0.39, 0.29) is 35.4 Å². The SMILES string of the molecule is O=C(CC1CCCCO1)Nc1cc(C(=O)O)ccc1O. The molecule has 6 heteroatoms. The molecule has 0 aromatic heterocycles. The van der Waals surface area contributed by atoms with Gasteiger partial charge in [0.1, 0.15) is 5.75 Å². The molecular formula is C14H17NO5. The maximum Gasteiger partial charge on any atom is 0.335 e. The second-order valence-electron chi connectivity index (χ2n) is 4.78. The molecule has 0 bridgehead atoms. The van der Waals surface area contributed by atoms with E-state index in [1.165, 1.54) is 18.2 Å². The van der Waals surface area contributed by atoms with Crippen molar-refractivity contribution < 1.29 is 24.5 Å². The Balaban J connectivity index is 1.99. The lowest BCUT2D eigenvalue weighted by atomic mass is 10.1. The number of amides is 1. The second-order valence-corrected chi connectivity index (χ2v) is 4.78. The highest BCUT2D eigenvalue weighted by atomic mass is 16.5. The van der Waals surface area contributed by atoms with Gasteiger partial charge in [0.25, 0.3) is 0 Å². The molecule has 1 unspecified atom stereocenters. The Hall–Kier alpha value is -2.08. The molecule has 6 nitrogen and oxygen atoms in total. The van der Waals surface area contributed by atoms with Crippen LogP contribution < -0.4 is 5.32 Å². The molecule has 3 N–H and O–H groups in total. The van der Waals surface area contributed by atoms with Gasteiger partial charge in [0, 0.05) is 6.61 Å². The van der Waals surface area contributed by atoms with Crippen LogP contribution in [0.15, 0.2) is 18.2 Å². The minimum Gasteiger partial charge on any atom is -0.506 e. The number of benzene rings is 1. The third kappa shape index (κ3) is 3.71. The first kappa shape index (κ1) is 14.3. The van der Waals surface area contributed by atoms with E-state index in [1.54, 1.807) is 0 Å². The summed E-state index contributed by atoms with van der Waals surface area (Å²) in [6.45, 7) is 0.664. The molecule has 20 heavy (non-hydrogen) atoms. The summed E-state index contributed by atoms with van der Waals surface area (Å²) in [5.41, 5.74) is 0.109. The van der Waals surface area contributed by atoms with Crippen LogP contribution >= 0.6 is 0 Å². The Morgan fingerprint density at radius 1 is 1.35 bits per heavy atom. The predicted octanol–water partition coefficient (Wildman–Crippen LogP) is 1.99. The molecule has 2 rings (SSSR count). The number of hydrogen-bond acceptors (Lipinski definition) is 4. The Labute approximate surface area is 116 Å². The maximum atomic E-state index is 11.9. The van der Waals surface area contributed by atoms with Gasteiger partial charge in [-0.3, -0.25) is 4.79 Å². The van der Waals surface area contributed by atoms with Crippen LogP contribution in [0.25, 0.3) is 0 Å². The molecule has 1 heterocycles. The van der Waals surface area contributed by atoms with Crippen LogP contribution in [0.5, 0.6) is 5.75 Å². The van der Waals surface area contributed by atoms with Gasteiger partial charge in [0.2, 0.25) is 5.91 Å². The summed E-state index contributed by atoms with van der Waals surface area (Å²) in [6.07, 6.45) is 3.00. The topological polar surface area (TPSA) is 95.9 Å². The zero-order valence-electron chi connectivity index (χ0n) is 11.0. The Bertz CT molecular complexity index is 508. The summed E-state index contributed by atoms with van der Waals surface area (Å²) in [5, 5.41) is 21.0. The van der Waals surface area contributed by atoms with Crippen molar-refractivity contribution in [3.63, 3.8) is 0 Å². The van der Waals surface area contributed by atoms with Gasteiger partial charge in [0.05, 0.1) is 23.8 Å². The van der Waals surface area contributed by atoms with E-state index < -0.39 is 5.97 Å². The first-order valence-electron chi connectivity index (χ1n) is 6.54. The van der Waals surface area contributed by atoms with E-state index in [4.69, 9.17) is 9.84 Å². The van der Waals surface area contributed by atoms with Gasteiger partial charge < -0.3 is 20.3 Å². The van der Waals surface area contributed by atoms with Gasteiger partial charge in [-0.15, -0.1) is 0 Å². The lowest BCUT2D eigenvalue weighted by molar-refractivity contribution is -0.119. The smallest absolute Gasteiger partial charge is 0.335 e. The number of ether oxygens (including phenoxy) is 1. The van der Waals surface area contributed by atoms with Crippen molar-refractivity contribution in [1.82, 2.24) is 0 Å². The molecular weight excluding hydrogens is 262 g/mol. The number of carbonyl (C=O) groups is 2. The zero-order chi connectivity index (χ0) is 14.5. The average Bonchev–Trinajstić information content (AvgIpc) is 2.42. The average molecular weight is 279 g/mol. The number of aromatic hydroxyl groups is 1. The lowest BCUT2D eigenvalue weighted by Gasteiger charge is -2.22. The van der Waals surface area contributed by atoms with Gasteiger partial charge in [-0.05, 0) is 37.5 Å². The number of aromatic carboxylic acids is 1. The summed E-state index contributed by atoms with van der Waals surface area (Å²) in [5.74, 6) is -1.57. The van der Waals surface area contributed by atoms with Gasteiger partial charge in [-0.1, -0.05) is 0 Å². The number of carbonyl (C=O) groups excluding carboxylic acids is 1. The molecule has 1 aromatic rings. The molecule has 1 fully saturated rings. The molecule has 108 valence electrons. The van der Waals surface area contributed by atoms with Crippen LogP contribution in [0.4, 0.5) is 5.69 Å². The van der Waals surface area contributed by atoms with Crippen molar-refractivity contribution in [2.75, 3.05) is 11.9 Å². The normalized spacial score (nSPS) is 18.5. The number of phenolic OH excluding ortho intramolecular Hbond substituents is 1. The van der Waals surface area contributed by atoms with E-state index in [2.05, 4.69) is 5.32 Å². The molecule has 1 aromatic carbocycles. The summed E-state index contributed by atoms with van der Waals surface area (Å²) in [6, 6.07) is 3.75. The largest absolute Gasteiger partial charge is 0.506 e. The van der Waals surface area contributed by atoms with Gasteiger partial charge in [0.15, 0.2) is 0 Å². The Morgan fingerprint density at radius 2 is 2.15 bits per heavy atom. The molecule has 1 aliphatic rings. The maximum absolute atomic E-state index is 11.9. The fourth-order valence-electron chi connectivity index (χ4n) is 2.15. The van der Waals surface area contributed by atoms with Crippen LogP contribution in [0.3, 0.4) is 0 Å². The van der Waals surface area contributed by atoms with Crippen molar-refractivity contribution in [2.45, 2.75) is 31.8 Å². The lowest BCUT2D eigenvalue weighted by Crippen LogP contribution is -2.25. The minimum absolute atomic E-state index is 0.00650. The first-order valence-corrected chi connectivity index (χ1v) is 6.54. The van der Waals surface area contributed by atoms with Crippen molar-refractivity contribution in [2.24, 2.45) is 0 Å². The van der Waals surface area contributed by atoms with Crippen LogP contribution in [0, 0.1) is 0 Å². The van der Waals surface area contributed by atoms with Gasteiger partial charge in [-0.25, -0.2) is 4.79 Å². The monoisotopic (exact) mass is 279 g/mol. The summed E-state index contributed by atoms with van der Waals surface area (Å²) in [4.78, 5) is 22.7. The molecule has 1 aliphatic heterocycles. The fraction of sp³-hybridized carbons (Fsp3) is 0.429. The molecule has 0 spiro atoms. The number of anilines is 1.